The fraction of sp³-hybridized carbons (Fsp3) is 0.429. The van der Waals surface area contributed by atoms with Crippen LogP contribution in [0.15, 0.2) is 9.85 Å². The standard InChI is InChI=1S/C14H17N3O3S3/c1-4-9-8(3)23-12(11(9)13(19)20-5-2)16-10(18)6-21-14-17-15-7-22-14/h7H,4-6H2,1-3H3,(H,16,18). The van der Waals surface area contributed by atoms with Gasteiger partial charge >= 0.3 is 5.97 Å². The van der Waals surface area contributed by atoms with E-state index in [1.807, 2.05) is 13.8 Å². The van der Waals surface area contributed by atoms with Crippen LogP contribution in [0.5, 0.6) is 0 Å². The number of anilines is 1. The van der Waals surface area contributed by atoms with E-state index in [9.17, 15) is 9.59 Å². The molecule has 2 rings (SSSR count). The van der Waals surface area contributed by atoms with Crippen LogP contribution >= 0.6 is 34.4 Å². The summed E-state index contributed by atoms with van der Waals surface area (Å²) in [6, 6.07) is 0. The largest absolute Gasteiger partial charge is 0.462 e. The summed E-state index contributed by atoms with van der Waals surface area (Å²) in [6.45, 7) is 5.99. The number of carbonyl (C=O) groups excluding carboxylic acids is 2. The Labute approximate surface area is 146 Å². The Morgan fingerprint density at radius 3 is 2.78 bits per heavy atom. The molecule has 0 aromatic carbocycles. The zero-order valence-corrected chi connectivity index (χ0v) is 15.5. The highest BCUT2D eigenvalue weighted by atomic mass is 32.2. The lowest BCUT2D eigenvalue weighted by Gasteiger charge is -2.07. The average molecular weight is 372 g/mol. The fourth-order valence-corrected chi connectivity index (χ4v) is 4.47. The van der Waals surface area contributed by atoms with Gasteiger partial charge in [-0.3, -0.25) is 4.79 Å². The Bertz CT molecular complexity index is 683. The van der Waals surface area contributed by atoms with E-state index in [1.165, 1.54) is 34.4 Å². The third-order valence-electron chi connectivity index (χ3n) is 2.96. The molecule has 0 radical (unpaired) electrons. The molecule has 0 fully saturated rings. The molecule has 1 amide bonds. The number of thioether (sulfide) groups is 1. The normalized spacial score (nSPS) is 10.6. The third kappa shape index (κ3) is 4.52. The molecule has 23 heavy (non-hydrogen) atoms. The van der Waals surface area contributed by atoms with Crippen molar-refractivity contribution in [2.24, 2.45) is 0 Å². The fourth-order valence-electron chi connectivity index (χ4n) is 2.03. The molecular formula is C14H17N3O3S3. The van der Waals surface area contributed by atoms with Crippen molar-refractivity contribution >= 4 is 51.3 Å². The Morgan fingerprint density at radius 2 is 2.17 bits per heavy atom. The van der Waals surface area contributed by atoms with Crippen LogP contribution in [0.2, 0.25) is 0 Å². The van der Waals surface area contributed by atoms with E-state index in [4.69, 9.17) is 4.74 Å². The summed E-state index contributed by atoms with van der Waals surface area (Å²) >= 11 is 4.11. The number of carbonyl (C=O) groups is 2. The van der Waals surface area contributed by atoms with E-state index in [2.05, 4.69) is 15.5 Å². The summed E-state index contributed by atoms with van der Waals surface area (Å²) in [6.07, 6.45) is 0.714. The Hall–Kier alpha value is -1.45. The van der Waals surface area contributed by atoms with Crippen molar-refractivity contribution in [1.82, 2.24) is 10.2 Å². The number of amides is 1. The minimum Gasteiger partial charge on any atom is -0.462 e. The number of thiophene rings is 1. The van der Waals surface area contributed by atoms with Gasteiger partial charge in [0.25, 0.3) is 0 Å². The van der Waals surface area contributed by atoms with Crippen molar-refractivity contribution in [2.75, 3.05) is 17.7 Å². The van der Waals surface area contributed by atoms with Gasteiger partial charge in [-0.2, -0.15) is 0 Å². The predicted molar refractivity (Wildman–Crippen MR) is 93.7 cm³/mol. The van der Waals surface area contributed by atoms with Gasteiger partial charge in [0.2, 0.25) is 5.91 Å². The van der Waals surface area contributed by atoms with E-state index in [0.717, 1.165) is 14.8 Å². The molecule has 9 heteroatoms. The van der Waals surface area contributed by atoms with Crippen molar-refractivity contribution < 1.29 is 14.3 Å². The molecule has 2 aromatic rings. The number of aromatic nitrogens is 2. The number of ether oxygens (including phenoxy) is 1. The second-order valence-electron chi connectivity index (χ2n) is 4.46. The highest BCUT2D eigenvalue weighted by Gasteiger charge is 2.23. The van der Waals surface area contributed by atoms with Gasteiger partial charge < -0.3 is 10.1 Å². The molecule has 124 valence electrons. The topological polar surface area (TPSA) is 81.2 Å². The van der Waals surface area contributed by atoms with Crippen molar-refractivity contribution in [3.8, 4) is 0 Å². The first kappa shape index (κ1) is 17.9. The molecule has 6 nitrogen and oxygen atoms in total. The summed E-state index contributed by atoms with van der Waals surface area (Å²) in [5, 5.41) is 11.0. The maximum Gasteiger partial charge on any atom is 0.341 e. The maximum absolute atomic E-state index is 12.2. The van der Waals surface area contributed by atoms with Crippen LogP contribution in [0.1, 0.15) is 34.6 Å². The van der Waals surface area contributed by atoms with Crippen molar-refractivity contribution in [3.63, 3.8) is 0 Å². The molecule has 2 aromatic heterocycles. The van der Waals surface area contributed by atoms with Crippen LogP contribution in [-0.4, -0.2) is 34.4 Å². The van der Waals surface area contributed by atoms with Gasteiger partial charge in [0.1, 0.15) is 10.5 Å². The van der Waals surface area contributed by atoms with Crippen LogP contribution in [-0.2, 0) is 16.0 Å². The second kappa shape index (κ2) is 8.42. The molecule has 0 atom stereocenters. The van der Waals surface area contributed by atoms with Crippen LogP contribution in [0.25, 0.3) is 0 Å². The van der Waals surface area contributed by atoms with Gasteiger partial charge in [-0.1, -0.05) is 30.0 Å². The van der Waals surface area contributed by atoms with Gasteiger partial charge in [-0.15, -0.1) is 21.5 Å². The first-order valence-electron chi connectivity index (χ1n) is 7.05. The zero-order chi connectivity index (χ0) is 16.8. The molecule has 2 heterocycles. The van der Waals surface area contributed by atoms with Gasteiger partial charge in [-0.25, -0.2) is 4.79 Å². The summed E-state index contributed by atoms with van der Waals surface area (Å²) in [5.41, 5.74) is 3.03. The molecule has 0 spiro atoms. The first-order chi connectivity index (χ1) is 11.1. The van der Waals surface area contributed by atoms with Crippen molar-refractivity contribution in [1.29, 1.82) is 0 Å². The number of aryl methyl sites for hydroxylation is 1. The van der Waals surface area contributed by atoms with E-state index in [-0.39, 0.29) is 17.6 Å². The lowest BCUT2D eigenvalue weighted by molar-refractivity contribution is -0.113. The van der Waals surface area contributed by atoms with Crippen molar-refractivity contribution in [2.45, 2.75) is 31.5 Å². The molecule has 0 unspecified atom stereocenters. The van der Waals surface area contributed by atoms with E-state index >= 15 is 0 Å². The highest BCUT2D eigenvalue weighted by Crippen LogP contribution is 2.34. The summed E-state index contributed by atoms with van der Waals surface area (Å²) in [4.78, 5) is 25.3. The predicted octanol–water partition coefficient (Wildman–Crippen LogP) is 3.38. The Kier molecular flexibility index (Phi) is 6.55. The van der Waals surface area contributed by atoms with Crippen LogP contribution in [0, 0.1) is 6.92 Å². The number of esters is 1. The number of nitrogens with one attached hydrogen (secondary N) is 1. The van der Waals surface area contributed by atoms with Gasteiger partial charge in [0, 0.05) is 4.88 Å². The number of hydrogen-bond donors (Lipinski definition) is 1. The van der Waals surface area contributed by atoms with Crippen LogP contribution < -0.4 is 5.32 Å². The summed E-state index contributed by atoms with van der Waals surface area (Å²) in [5.74, 6) is -0.351. The molecule has 1 N–H and O–H groups in total. The maximum atomic E-state index is 12.2. The molecular weight excluding hydrogens is 354 g/mol. The minimum atomic E-state index is -0.388. The first-order valence-corrected chi connectivity index (χ1v) is 9.73. The van der Waals surface area contributed by atoms with E-state index in [0.29, 0.717) is 23.6 Å². The van der Waals surface area contributed by atoms with Gasteiger partial charge in [0.05, 0.1) is 17.9 Å². The molecule has 0 saturated carbocycles. The second-order valence-corrected chi connectivity index (χ2v) is 7.74. The van der Waals surface area contributed by atoms with E-state index in [1.54, 1.807) is 12.4 Å². The summed E-state index contributed by atoms with van der Waals surface area (Å²) < 4.78 is 5.86. The lowest BCUT2D eigenvalue weighted by Crippen LogP contribution is -2.16. The van der Waals surface area contributed by atoms with E-state index < -0.39 is 0 Å². The minimum absolute atomic E-state index is 0.181. The molecule has 0 aliphatic carbocycles. The summed E-state index contributed by atoms with van der Waals surface area (Å²) in [7, 11) is 0. The number of nitrogens with zero attached hydrogens (tertiary/aromatic N) is 2. The quantitative estimate of drug-likeness (QED) is 0.593. The lowest BCUT2D eigenvalue weighted by atomic mass is 10.1. The third-order valence-corrected chi connectivity index (χ3v) is 5.89. The average Bonchev–Trinajstić information content (AvgIpc) is 3.12. The Balaban J connectivity index is 2.11. The highest BCUT2D eigenvalue weighted by molar-refractivity contribution is 8.01. The zero-order valence-electron chi connectivity index (χ0n) is 13.0. The van der Waals surface area contributed by atoms with Crippen molar-refractivity contribution in [3.05, 3.63) is 21.5 Å². The van der Waals surface area contributed by atoms with Gasteiger partial charge in [0.15, 0.2) is 4.34 Å². The number of hydrogen-bond acceptors (Lipinski definition) is 8. The molecule has 0 bridgehead atoms. The monoisotopic (exact) mass is 371 g/mol. The Morgan fingerprint density at radius 1 is 1.39 bits per heavy atom. The molecule has 0 aliphatic rings. The smallest absolute Gasteiger partial charge is 0.341 e. The SMILES string of the molecule is CCOC(=O)c1c(NC(=O)CSc2nncs2)sc(C)c1CC. The van der Waals surface area contributed by atoms with Gasteiger partial charge in [-0.05, 0) is 25.8 Å². The van der Waals surface area contributed by atoms with Crippen LogP contribution in [0.4, 0.5) is 5.00 Å². The van der Waals surface area contributed by atoms with Crippen LogP contribution in [0.3, 0.4) is 0 Å². The molecule has 0 aliphatic heterocycles. The number of rotatable bonds is 7. The molecule has 0 saturated heterocycles.